The van der Waals surface area contributed by atoms with E-state index in [1.54, 1.807) is 12.1 Å². The molecule has 0 unspecified atom stereocenters. The van der Waals surface area contributed by atoms with Crippen LogP contribution in [0.25, 0.3) is 11.0 Å². The Kier molecular flexibility index (Phi) is 4.82. The third-order valence-corrected chi connectivity index (χ3v) is 5.11. The number of carbonyl (C=O) groups is 1. The van der Waals surface area contributed by atoms with E-state index in [1.165, 1.54) is 18.5 Å². The van der Waals surface area contributed by atoms with Crippen LogP contribution < -0.4 is 10.0 Å². The average Bonchev–Trinajstić information content (AvgIpc) is 3.02. The Morgan fingerprint density at radius 3 is 2.84 bits per heavy atom. The zero-order chi connectivity index (χ0) is 17.9. The van der Waals surface area contributed by atoms with Crippen molar-refractivity contribution in [1.82, 2.24) is 14.7 Å². The number of aromatic nitrogens is 2. The number of aromatic amines is 1. The predicted molar refractivity (Wildman–Crippen MR) is 95.7 cm³/mol. The van der Waals surface area contributed by atoms with Crippen LogP contribution in [0.15, 0.2) is 53.7 Å². The number of benzene rings is 2. The molecule has 2 aromatic carbocycles. The van der Waals surface area contributed by atoms with Gasteiger partial charge in [-0.05, 0) is 42.8 Å². The number of nitrogens with one attached hydrogen (secondary N) is 3. The first-order valence-corrected chi connectivity index (χ1v) is 9.22. The maximum absolute atomic E-state index is 12.3. The third kappa shape index (κ3) is 4.23. The summed E-state index contributed by atoms with van der Waals surface area (Å²) < 4.78 is 27.0. The number of hydrogen-bond acceptors (Lipinski definition) is 4. The molecular formula is C17H18N4O3S. The second-order valence-corrected chi connectivity index (χ2v) is 7.41. The maximum Gasteiger partial charge on any atom is 0.240 e. The van der Waals surface area contributed by atoms with Crippen molar-refractivity contribution >= 4 is 32.7 Å². The van der Waals surface area contributed by atoms with E-state index >= 15 is 0 Å². The van der Waals surface area contributed by atoms with Crippen molar-refractivity contribution in [3.8, 4) is 0 Å². The molecule has 7 nitrogen and oxygen atoms in total. The SMILES string of the molecule is Cc1cccc(NC(=O)CCNS(=O)(=O)c2ccc3nc[nH]c3c2)c1. The van der Waals surface area contributed by atoms with Gasteiger partial charge in [0, 0.05) is 18.7 Å². The van der Waals surface area contributed by atoms with Crippen LogP contribution in [0.4, 0.5) is 5.69 Å². The molecule has 3 N–H and O–H groups in total. The molecule has 0 atom stereocenters. The van der Waals surface area contributed by atoms with Crippen molar-refractivity contribution in [3.05, 3.63) is 54.4 Å². The molecule has 3 rings (SSSR count). The van der Waals surface area contributed by atoms with E-state index in [1.807, 2.05) is 25.1 Å². The van der Waals surface area contributed by atoms with Gasteiger partial charge in [0.1, 0.15) is 0 Å². The molecule has 130 valence electrons. The molecule has 0 aliphatic heterocycles. The Morgan fingerprint density at radius 1 is 1.20 bits per heavy atom. The fourth-order valence-electron chi connectivity index (χ4n) is 2.41. The van der Waals surface area contributed by atoms with E-state index in [2.05, 4.69) is 20.0 Å². The fourth-order valence-corrected chi connectivity index (χ4v) is 3.47. The minimum atomic E-state index is -3.68. The van der Waals surface area contributed by atoms with Crippen molar-refractivity contribution in [2.24, 2.45) is 0 Å². The summed E-state index contributed by atoms with van der Waals surface area (Å²) in [7, 11) is -3.68. The Morgan fingerprint density at radius 2 is 2.04 bits per heavy atom. The second-order valence-electron chi connectivity index (χ2n) is 5.65. The molecule has 0 radical (unpaired) electrons. The zero-order valence-corrected chi connectivity index (χ0v) is 14.4. The number of nitrogens with zero attached hydrogens (tertiary/aromatic N) is 1. The number of fused-ring (bicyclic) bond motifs is 1. The van der Waals surface area contributed by atoms with Gasteiger partial charge in [0.15, 0.2) is 0 Å². The van der Waals surface area contributed by atoms with Crippen molar-refractivity contribution in [1.29, 1.82) is 0 Å². The molecule has 0 aliphatic rings. The standard InChI is InChI=1S/C17H18N4O3S/c1-12-3-2-4-13(9-12)21-17(22)7-8-20-25(23,24)14-5-6-15-16(10-14)19-11-18-15/h2-6,9-11,20H,7-8H2,1H3,(H,18,19)(H,21,22). The largest absolute Gasteiger partial charge is 0.345 e. The molecule has 0 bridgehead atoms. The molecule has 1 heterocycles. The molecule has 1 aromatic heterocycles. The van der Waals surface area contributed by atoms with E-state index in [0.717, 1.165) is 5.56 Å². The number of carbonyl (C=O) groups excluding carboxylic acids is 1. The second kappa shape index (κ2) is 7.04. The molecule has 0 fully saturated rings. The van der Waals surface area contributed by atoms with Crippen LogP contribution in [-0.2, 0) is 14.8 Å². The summed E-state index contributed by atoms with van der Waals surface area (Å²) in [5.74, 6) is -0.252. The average molecular weight is 358 g/mol. The number of anilines is 1. The topological polar surface area (TPSA) is 104 Å². The zero-order valence-electron chi connectivity index (χ0n) is 13.6. The highest BCUT2D eigenvalue weighted by Gasteiger charge is 2.15. The van der Waals surface area contributed by atoms with Crippen molar-refractivity contribution in [3.63, 3.8) is 0 Å². The lowest BCUT2D eigenvalue weighted by Crippen LogP contribution is -2.27. The highest BCUT2D eigenvalue weighted by molar-refractivity contribution is 7.89. The molecule has 0 saturated carbocycles. The molecule has 25 heavy (non-hydrogen) atoms. The van der Waals surface area contributed by atoms with E-state index in [0.29, 0.717) is 16.7 Å². The van der Waals surface area contributed by atoms with Gasteiger partial charge < -0.3 is 10.3 Å². The van der Waals surface area contributed by atoms with Gasteiger partial charge in [0.25, 0.3) is 0 Å². The highest BCUT2D eigenvalue weighted by atomic mass is 32.2. The normalized spacial score (nSPS) is 11.6. The molecule has 8 heteroatoms. The van der Waals surface area contributed by atoms with Crippen molar-refractivity contribution < 1.29 is 13.2 Å². The van der Waals surface area contributed by atoms with Crippen LogP contribution in [0.2, 0.25) is 0 Å². The summed E-state index contributed by atoms with van der Waals surface area (Å²) in [6.45, 7) is 1.95. The summed E-state index contributed by atoms with van der Waals surface area (Å²) in [4.78, 5) is 19.0. The summed E-state index contributed by atoms with van der Waals surface area (Å²) in [6.07, 6.45) is 1.55. The molecule has 0 spiro atoms. The number of hydrogen-bond donors (Lipinski definition) is 3. The van der Waals surface area contributed by atoms with Crippen LogP contribution >= 0.6 is 0 Å². The Hall–Kier alpha value is -2.71. The number of amides is 1. The maximum atomic E-state index is 12.3. The summed E-state index contributed by atoms with van der Waals surface area (Å²) in [5.41, 5.74) is 3.06. The van der Waals surface area contributed by atoms with Crippen LogP contribution in [0.1, 0.15) is 12.0 Å². The van der Waals surface area contributed by atoms with Gasteiger partial charge in [0.2, 0.25) is 15.9 Å². The van der Waals surface area contributed by atoms with Gasteiger partial charge in [-0.2, -0.15) is 0 Å². The lowest BCUT2D eigenvalue weighted by molar-refractivity contribution is -0.116. The third-order valence-electron chi connectivity index (χ3n) is 3.65. The molecule has 0 saturated heterocycles. The van der Waals surface area contributed by atoms with Crippen LogP contribution in [-0.4, -0.2) is 30.8 Å². The summed E-state index contributed by atoms with van der Waals surface area (Å²) >= 11 is 0. The van der Waals surface area contributed by atoms with E-state index < -0.39 is 10.0 Å². The first kappa shape index (κ1) is 17.1. The summed E-state index contributed by atoms with van der Waals surface area (Å²) in [6, 6.07) is 12.0. The smallest absolute Gasteiger partial charge is 0.240 e. The predicted octanol–water partition coefficient (Wildman–Crippen LogP) is 2.18. The minimum absolute atomic E-state index is 0.0149. The van der Waals surface area contributed by atoms with E-state index in [-0.39, 0.29) is 23.8 Å². The van der Waals surface area contributed by atoms with Gasteiger partial charge >= 0.3 is 0 Å². The van der Waals surface area contributed by atoms with E-state index in [4.69, 9.17) is 0 Å². The lowest BCUT2D eigenvalue weighted by atomic mass is 10.2. The number of rotatable bonds is 6. The Balaban J connectivity index is 1.57. The lowest BCUT2D eigenvalue weighted by Gasteiger charge is -2.08. The Bertz CT molecular complexity index is 1010. The van der Waals surface area contributed by atoms with Crippen LogP contribution in [0.5, 0.6) is 0 Å². The van der Waals surface area contributed by atoms with Crippen molar-refractivity contribution in [2.45, 2.75) is 18.2 Å². The quantitative estimate of drug-likeness (QED) is 0.628. The molecule has 1 amide bonds. The highest BCUT2D eigenvalue weighted by Crippen LogP contribution is 2.16. The number of sulfonamides is 1. The Labute approximate surface area is 145 Å². The van der Waals surface area contributed by atoms with Crippen molar-refractivity contribution in [2.75, 3.05) is 11.9 Å². The van der Waals surface area contributed by atoms with Crippen LogP contribution in [0, 0.1) is 6.92 Å². The number of aryl methyl sites for hydroxylation is 1. The van der Waals surface area contributed by atoms with Gasteiger partial charge in [0.05, 0.1) is 22.3 Å². The molecular weight excluding hydrogens is 340 g/mol. The number of H-pyrrole nitrogens is 1. The monoisotopic (exact) mass is 358 g/mol. The molecule has 0 aliphatic carbocycles. The minimum Gasteiger partial charge on any atom is -0.345 e. The van der Waals surface area contributed by atoms with Gasteiger partial charge in [-0.25, -0.2) is 18.1 Å². The fraction of sp³-hybridized carbons (Fsp3) is 0.176. The summed E-state index contributed by atoms with van der Waals surface area (Å²) in [5, 5.41) is 2.74. The van der Waals surface area contributed by atoms with E-state index in [9.17, 15) is 13.2 Å². The first-order valence-electron chi connectivity index (χ1n) is 7.73. The first-order chi connectivity index (χ1) is 11.9. The number of imidazole rings is 1. The van der Waals surface area contributed by atoms with Gasteiger partial charge in [-0.1, -0.05) is 12.1 Å². The van der Waals surface area contributed by atoms with Gasteiger partial charge in [-0.15, -0.1) is 0 Å². The van der Waals surface area contributed by atoms with Gasteiger partial charge in [-0.3, -0.25) is 4.79 Å². The molecule has 3 aromatic rings. The van der Waals surface area contributed by atoms with Crippen LogP contribution in [0.3, 0.4) is 0 Å².